The maximum Gasteiger partial charge on any atom is 0.325 e. The summed E-state index contributed by atoms with van der Waals surface area (Å²) < 4.78 is 10.7. The smallest absolute Gasteiger partial charge is 0.325 e. The van der Waals surface area contributed by atoms with Crippen LogP contribution in [0.25, 0.3) is 0 Å². The first kappa shape index (κ1) is 15.5. The number of urea groups is 1. The molecule has 0 unspecified atom stereocenters. The van der Waals surface area contributed by atoms with Gasteiger partial charge in [-0.1, -0.05) is 35.9 Å². The Morgan fingerprint density at radius 1 is 1.08 bits per heavy atom. The predicted molar refractivity (Wildman–Crippen MR) is 90.2 cm³/mol. The second-order valence-corrected chi connectivity index (χ2v) is 6.50. The number of aryl methyl sites for hydroxylation is 1. The lowest BCUT2D eigenvalue weighted by atomic mass is 9.91. The van der Waals surface area contributed by atoms with Gasteiger partial charge in [-0.15, -0.1) is 0 Å². The van der Waals surface area contributed by atoms with Crippen LogP contribution in [0.2, 0.25) is 0 Å². The first-order valence-electron chi connectivity index (χ1n) is 8.07. The van der Waals surface area contributed by atoms with E-state index in [1.165, 1.54) is 4.90 Å². The number of hydrogen-bond acceptors (Lipinski definition) is 4. The zero-order valence-corrected chi connectivity index (χ0v) is 14.0. The molecule has 2 aromatic carbocycles. The van der Waals surface area contributed by atoms with Gasteiger partial charge in [-0.25, -0.2) is 4.79 Å². The van der Waals surface area contributed by atoms with Crippen LogP contribution in [0.1, 0.15) is 23.6 Å². The molecular weight excluding hydrogens is 320 g/mol. The Morgan fingerprint density at radius 3 is 2.56 bits per heavy atom. The zero-order chi connectivity index (χ0) is 17.6. The average Bonchev–Trinajstić information content (AvgIpc) is 3.15. The van der Waals surface area contributed by atoms with E-state index < -0.39 is 11.6 Å². The third-order valence-corrected chi connectivity index (χ3v) is 4.69. The highest BCUT2D eigenvalue weighted by Gasteiger charge is 2.49. The van der Waals surface area contributed by atoms with Crippen LogP contribution in [0.5, 0.6) is 11.5 Å². The van der Waals surface area contributed by atoms with Gasteiger partial charge >= 0.3 is 6.03 Å². The Hall–Kier alpha value is -3.02. The van der Waals surface area contributed by atoms with Crippen molar-refractivity contribution in [2.45, 2.75) is 25.9 Å². The minimum Gasteiger partial charge on any atom is -0.454 e. The van der Waals surface area contributed by atoms with Crippen molar-refractivity contribution in [3.8, 4) is 11.5 Å². The average molecular weight is 338 g/mol. The van der Waals surface area contributed by atoms with E-state index in [-0.39, 0.29) is 19.2 Å². The van der Waals surface area contributed by atoms with Gasteiger partial charge in [0, 0.05) is 0 Å². The van der Waals surface area contributed by atoms with Crippen molar-refractivity contribution in [1.29, 1.82) is 0 Å². The lowest BCUT2D eigenvalue weighted by Gasteiger charge is -2.22. The van der Waals surface area contributed by atoms with Crippen LogP contribution in [0.4, 0.5) is 4.79 Å². The molecule has 0 bridgehead atoms. The molecule has 2 aliphatic rings. The predicted octanol–water partition coefficient (Wildman–Crippen LogP) is 2.69. The first-order chi connectivity index (χ1) is 12.0. The molecule has 3 amide bonds. The molecule has 128 valence electrons. The molecule has 2 heterocycles. The summed E-state index contributed by atoms with van der Waals surface area (Å²) in [5, 5.41) is 2.81. The number of nitrogens with one attached hydrogen (secondary N) is 1. The molecule has 0 radical (unpaired) electrons. The van der Waals surface area contributed by atoms with Gasteiger partial charge in [0.05, 0.1) is 6.54 Å². The third-order valence-electron chi connectivity index (χ3n) is 4.69. The molecule has 1 saturated heterocycles. The Balaban J connectivity index is 1.62. The van der Waals surface area contributed by atoms with E-state index in [9.17, 15) is 9.59 Å². The second kappa shape index (κ2) is 5.51. The highest BCUT2D eigenvalue weighted by Crippen LogP contribution is 2.38. The number of carbonyl (C=O) groups is 2. The molecule has 4 rings (SSSR count). The largest absolute Gasteiger partial charge is 0.454 e. The summed E-state index contributed by atoms with van der Waals surface area (Å²) in [5.41, 5.74) is 1.58. The Kier molecular flexibility index (Phi) is 3.42. The van der Waals surface area contributed by atoms with Gasteiger partial charge in [0.15, 0.2) is 11.5 Å². The van der Waals surface area contributed by atoms with E-state index in [4.69, 9.17) is 9.47 Å². The van der Waals surface area contributed by atoms with Crippen LogP contribution in [-0.4, -0.2) is 23.6 Å². The van der Waals surface area contributed by atoms with Gasteiger partial charge in [-0.05, 0) is 37.1 Å². The summed E-state index contributed by atoms with van der Waals surface area (Å²) in [4.78, 5) is 26.6. The quantitative estimate of drug-likeness (QED) is 0.874. The van der Waals surface area contributed by atoms with Gasteiger partial charge in [0.2, 0.25) is 6.79 Å². The maximum atomic E-state index is 13.0. The minimum absolute atomic E-state index is 0.162. The SMILES string of the molecule is Cc1ccc(CN2C(=O)N[C@](C)(c3ccc4c(c3)OCO4)C2=O)cc1. The van der Waals surface area contributed by atoms with E-state index in [0.29, 0.717) is 17.1 Å². The lowest BCUT2D eigenvalue weighted by Crippen LogP contribution is -2.40. The normalized spacial score (nSPS) is 21.6. The second-order valence-electron chi connectivity index (χ2n) is 6.50. The number of ether oxygens (including phenoxy) is 2. The molecule has 2 aromatic rings. The Labute approximate surface area is 145 Å². The number of carbonyl (C=O) groups excluding carboxylic acids is 2. The number of hydrogen-bond donors (Lipinski definition) is 1. The summed E-state index contributed by atoms with van der Waals surface area (Å²) in [7, 11) is 0. The van der Waals surface area contributed by atoms with Gasteiger partial charge in [0.1, 0.15) is 5.54 Å². The summed E-state index contributed by atoms with van der Waals surface area (Å²) in [6, 6.07) is 12.7. The number of nitrogens with zero attached hydrogens (tertiary/aromatic N) is 1. The van der Waals surface area contributed by atoms with E-state index in [1.54, 1.807) is 25.1 Å². The molecule has 1 atom stereocenters. The monoisotopic (exact) mass is 338 g/mol. The van der Waals surface area contributed by atoms with Crippen LogP contribution in [0.15, 0.2) is 42.5 Å². The topological polar surface area (TPSA) is 67.9 Å². The van der Waals surface area contributed by atoms with Gasteiger partial charge in [0.25, 0.3) is 5.91 Å². The van der Waals surface area contributed by atoms with E-state index in [0.717, 1.165) is 11.1 Å². The maximum absolute atomic E-state index is 13.0. The van der Waals surface area contributed by atoms with Crippen LogP contribution < -0.4 is 14.8 Å². The number of imide groups is 1. The number of fused-ring (bicyclic) bond motifs is 1. The summed E-state index contributed by atoms with van der Waals surface area (Å²) in [5.74, 6) is 0.940. The molecule has 0 aliphatic carbocycles. The lowest BCUT2D eigenvalue weighted by molar-refractivity contribution is -0.131. The van der Waals surface area contributed by atoms with E-state index >= 15 is 0 Å². The number of rotatable bonds is 3. The van der Waals surface area contributed by atoms with Gasteiger partial charge in [-0.3, -0.25) is 9.69 Å². The van der Waals surface area contributed by atoms with E-state index in [1.807, 2.05) is 31.2 Å². The highest BCUT2D eigenvalue weighted by atomic mass is 16.7. The fraction of sp³-hybridized carbons (Fsp3) is 0.263. The fourth-order valence-corrected chi connectivity index (χ4v) is 3.12. The van der Waals surface area contributed by atoms with Crippen LogP contribution >= 0.6 is 0 Å². The summed E-state index contributed by atoms with van der Waals surface area (Å²) in [6.07, 6.45) is 0. The van der Waals surface area contributed by atoms with Crippen molar-refractivity contribution in [2.24, 2.45) is 0 Å². The van der Waals surface area contributed by atoms with Crippen molar-refractivity contribution in [2.75, 3.05) is 6.79 Å². The van der Waals surface area contributed by atoms with E-state index in [2.05, 4.69) is 5.32 Å². The molecule has 1 fully saturated rings. The highest BCUT2D eigenvalue weighted by molar-refractivity contribution is 6.07. The van der Waals surface area contributed by atoms with Gasteiger partial charge in [-0.2, -0.15) is 0 Å². The molecule has 6 heteroatoms. The first-order valence-corrected chi connectivity index (χ1v) is 8.07. The Morgan fingerprint density at radius 2 is 1.80 bits per heavy atom. The molecule has 6 nitrogen and oxygen atoms in total. The van der Waals surface area contributed by atoms with Crippen molar-refractivity contribution >= 4 is 11.9 Å². The number of amides is 3. The van der Waals surface area contributed by atoms with Crippen molar-refractivity contribution in [3.05, 3.63) is 59.2 Å². The molecule has 0 aromatic heterocycles. The summed E-state index contributed by atoms with van der Waals surface area (Å²) >= 11 is 0. The van der Waals surface area contributed by atoms with Crippen LogP contribution in [-0.2, 0) is 16.9 Å². The third kappa shape index (κ3) is 2.50. The molecule has 0 saturated carbocycles. The van der Waals surface area contributed by atoms with Crippen LogP contribution in [0, 0.1) is 6.92 Å². The molecule has 0 spiro atoms. The standard InChI is InChI=1S/C19H18N2O4/c1-12-3-5-13(6-4-12)10-21-17(22)19(2,20-18(21)23)14-7-8-15-16(9-14)25-11-24-15/h3-9H,10-11H2,1-2H3,(H,20,23)/t19-/m1/s1. The Bertz CT molecular complexity index is 862. The van der Waals surface area contributed by atoms with Crippen molar-refractivity contribution in [1.82, 2.24) is 10.2 Å². The zero-order valence-electron chi connectivity index (χ0n) is 14.0. The van der Waals surface area contributed by atoms with Crippen LogP contribution in [0.3, 0.4) is 0 Å². The molecule has 1 N–H and O–H groups in total. The van der Waals surface area contributed by atoms with Crippen molar-refractivity contribution < 1.29 is 19.1 Å². The van der Waals surface area contributed by atoms with Gasteiger partial charge < -0.3 is 14.8 Å². The summed E-state index contributed by atoms with van der Waals surface area (Å²) in [6.45, 7) is 4.11. The van der Waals surface area contributed by atoms with Crippen molar-refractivity contribution in [3.63, 3.8) is 0 Å². The fourth-order valence-electron chi connectivity index (χ4n) is 3.12. The minimum atomic E-state index is -1.12. The molecule has 2 aliphatic heterocycles. The molecular formula is C19H18N2O4. The molecule has 25 heavy (non-hydrogen) atoms. The number of benzene rings is 2.